The third kappa shape index (κ3) is 4.02. The number of carbonyl (C=O) groups excluding carboxylic acids is 1. The van der Waals surface area contributed by atoms with E-state index in [9.17, 15) is 9.18 Å². The van der Waals surface area contributed by atoms with Crippen molar-refractivity contribution in [2.24, 2.45) is 4.99 Å². The number of aliphatic imine (C=N–C) groups is 1. The number of aryl methyl sites for hydroxylation is 2. The normalized spacial score (nSPS) is 16.6. The zero-order valence-corrected chi connectivity index (χ0v) is 19.8. The van der Waals surface area contributed by atoms with E-state index < -0.39 is 0 Å². The highest BCUT2D eigenvalue weighted by Gasteiger charge is 2.32. The van der Waals surface area contributed by atoms with Gasteiger partial charge < -0.3 is 4.57 Å². The summed E-state index contributed by atoms with van der Waals surface area (Å²) in [5, 5.41) is 0.610. The molecule has 0 bridgehead atoms. The van der Waals surface area contributed by atoms with E-state index in [2.05, 4.69) is 61.5 Å². The lowest BCUT2D eigenvalue weighted by Crippen LogP contribution is -2.28. The summed E-state index contributed by atoms with van der Waals surface area (Å²) in [4.78, 5) is 19.9. The van der Waals surface area contributed by atoms with E-state index in [1.54, 1.807) is 17.0 Å². The molecule has 0 saturated carbocycles. The first-order valence-electron chi connectivity index (χ1n) is 10.6. The van der Waals surface area contributed by atoms with Gasteiger partial charge in [0.2, 0.25) is 0 Å². The van der Waals surface area contributed by atoms with E-state index in [0.717, 1.165) is 22.6 Å². The fraction of sp³-hybridized carbons (Fsp3) is 0.231. The smallest absolute Gasteiger partial charge is 0.266 e. The lowest BCUT2D eigenvalue weighted by Gasteiger charge is -2.14. The van der Waals surface area contributed by atoms with E-state index in [0.29, 0.717) is 22.3 Å². The Morgan fingerprint density at radius 1 is 1.06 bits per heavy atom. The molecular weight excluding hydrogens is 421 g/mol. The van der Waals surface area contributed by atoms with Crippen LogP contribution in [0.3, 0.4) is 0 Å². The molecular formula is C26H26FN3OS. The number of amides is 1. The van der Waals surface area contributed by atoms with Crippen LogP contribution in [0.5, 0.6) is 0 Å². The quantitative estimate of drug-likeness (QED) is 0.430. The second kappa shape index (κ2) is 8.79. The van der Waals surface area contributed by atoms with Gasteiger partial charge in [0, 0.05) is 23.6 Å². The number of benzene rings is 2. The first-order valence-corrected chi connectivity index (χ1v) is 11.4. The average molecular weight is 448 g/mol. The zero-order chi connectivity index (χ0) is 23.0. The largest absolute Gasteiger partial charge is 0.318 e. The Bertz CT molecular complexity index is 1250. The number of aromatic nitrogens is 1. The predicted octanol–water partition coefficient (Wildman–Crippen LogP) is 6.47. The number of rotatable bonds is 4. The monoisotopic (exact) mass is 447 g/mol. The molecule has 1 aromatic heterocycles. The fourth-order valence-corrected chi connectivity index (χ4v) is 4.97. The highest BCUT2D eigenvalue weighted by Crippen LogP contribution is 2.35. The van der Waals surface area contributed by atoms with Crippen LogP contribution in [-0.4, -0.2) is 27.1 Å². The number of thioether (sulfide) groups is 1. The summed E-state index contributed by atoms with van der Waals surface area (Å²) in [6.45, 7) is 10.9. The Hall–Kier alpha value is -3.12. The van der Waals surface area contributed by atoms with Crippen molar-refractivity contribution in [2.45, 2.75) is 34.6 Å². The molecule has 2 aromatic carbocycles. The van der Waals surface area contributed by atoms with Gasteiger partial charge in [-0.3, -0.25) is 9.69 Å². The zero-order valence-electron chi connectivity index (χ0n) is 18.9. The van der Waals surface area contributed by atoms with E-state index in [-0.39, 0.29) is 11.7 Å². The van der Waals surface area contributed by atoms with Crippen molar-refractivity contribution < 1.29 is 9.18 Å². The van der Waals surface area contributed by atoms with Gasteiger partial charge in [-0.1, -0.05) is 12.1 Å². The molecule has 0 atom stereocenters. The summed E-state index contributed by atoms with van der Waals surface area (Å²) in [7, 11) is 0. The van der Waals surface area contributed by atoms with Crippen LogP contribution in [0.15, 0.2) is 58.4 Å². The van der Waals surface area contributed by atoms with Crippen LogP contribution in [0.4, 0.5) is 10.1 Å². The van der Waals surface area contributed by atoms with Crippen LogP contribution in [0.25, 0.3) is 11.8 Å². The molecule has 1 fully saturated rings. The molecule has 6 heteroatoms. The number of amidine groups is 1. The number of carbonyl (C=O) groups is 1. The molecule has 4 nitrogen and oxygen atoms in total. The third-order valence-corrected chi connectivity index (χ3v) is 6.84. The third-order valence-electron chi connectivity index (χ3n) is 5.83. The molecule has 32 heavy (non-hydrogen) atoms. The number of hydrogen-bond acceptors (Lipinski definition) is 3. The van der Waals surface area contributed by atoms with Gasteiger partial charge in [0.05, 0.1) is 10.6 Å². The molecule has 4 rings (SSSR count). The number of hydrogen-bond donors (Lipinski definition) is 0. The van der Waals surface area contributed by atoms with Crippen molar-refractivity contribution in [3.8, 4) is 5.69 Å². The van der Waals surface area contributed by atoms with Gasteiger partial charge in [-0.25, -0.2) is 9.38 Å². The van der Waals surface area contributed by atoms with Gasteiger partial charge in [-0.05, 0) is 106 Å². The molecule has 3 aromatic rings. The Labute approximate surface area is 192 Å². The van der Waals surface area contributed by atoms with E-state index in [1.165, 1.54) is 35.0 Å². The van der Waals surface area contributed by atoms with E-state index in [1.807, 2.05) is 13.0 Å². The van der Waals surface area contributed by atoms with Crippen molar-refractivity contribution in [1.29, 1.82) is 0 Å². The standard InChI is InChI=1S/C26H26FN3OS/c1-6-29-25(31)24(32-26(29)28-22-12-10-21(27)11-13-22)15-20-14-17(3)30(19(20)5)23-9-7-8-16(2)18(23)4/h7-15H,6H2,1-5H3/b24-15+,28-26?. The number of nitrogens with zero attached hydrogens (tertiary/aromatic N) is 3. The summed E-state index contributed by atoms with van der Waals surface area (Å²) in [6.07, 6.45) is 1.95. The van der Waals surface area contributed by atoms with Gasteiger partial charge in [-0.15, -0.1) is 0 Å². The maximum absolute atomic E-state index is 13.2. The second-order valence-electron chi connectivity index (χ2n) is 7.91. The van der Waals surface area contributed by atoms with E-state index in [4.69, 9.17) is 0 Å². The van der Waals surface area contributed by atoms with Gasteiger partial charge in [0.1, 0.15) is 5.82 Å². The summed E-state index contributed by atoms with van der Waals surface area (Å²) in [5.41, 5.74) is 7.48. The number of likely N-dealkylation sites (N-methyl/N-ethyl adjacent to an activating group) is 1. The van der Waals surface area contributed by atoms with Crippen LogP contribution >= 0.6 is 11.8 Å². The highest BCUT2D eigenvalue weighted by atomic mass is 32.2. The van der Waals surface area contributed by atoms with Crippen LogP contribution < -0.4 is 0 Å². The molecule has 1 aliphatic heterocycles. The van der Waals surface area contributed by atoms with Crippen molar-refractivity contribution >= 4 is 34.6 Å². The summed E-state index contributed by atoms with van der Waals surface area (Å²) in [5.74, 6) is -0.369. The number of halogens is 1. The van der Waals surface area contributed by atoms with Crippen molar-refractivity contribution in [3.05, 3.63) is 87.3 Å². The Morgan fingerprint density at radius 3 is 2.47 bits per heavy atom. The van der Waals surface area contributed by atoms with Crippen molar-refractivity contribution in [3.63, 3.8) is 0 Å². The van der Waals surface area contributed by atoms with Crippen LogP contribution in [0, 0.1) is 33.5 Å². The fourth-order valence-electron chi connectivity index (χ4n) is 3.92. The maximum atomic E-state index is 13.2. The van der Waals surface area contributed by atoms with Crippen LogP contribution in [-0.2, 0) is 4.79 Å². The molecule has 1 amide bonds. The molecule has 0 aliphatic carbocycles. The predicted molar refractivity (Wildman–Crippen MR) is 131 cm³/mol. The van der Waals surface area contributed by atoms with Crippen LogP contribution in [0.2, 0.25) is 0 Å². The Morgan fingerprint density at radius 2 is 1.78 bits per heavy atom. The molecule has 0 spiro atoms. The molecule has 164 valence electrons. The second-order valence-corrected chi connectivity index (χ2v) is 8.92. The minimum Gasteiger partial charge on any atom is -0.318 e. The Balaban J connectivity index is 1.72. The van der Waals surface area contributed by atoms with Crippen molar-refractivity contribution in [2.75, 3.05) is 6.54 Å². The SMILES string of the molecule is CCN1C(=O)/C(=C\c2cc(C)n(-c3cccc(C)c3C)c2C)SC1=Nc1ccc(F)cc1. The van der Waals surface area contributed by atoms with Crippen molar-refractivity contribution in [1.82, 2.24) is 9.47 Å². The molecule has 0 N–H and O–H groups in total. The maximum Gasteiger partial charge on any atom is 0.266 e. The topological polar surface area (TPSA) is 37.6 Å². The summed E-state index contributed by atoms with van der Waals surface area (Å²) in [6, 6.07) is 14.4. The lowest BCUT2D eigenvalue weighted by molar-refractivity contribution is -0.122. The molecule has 0 radical (unpaired) electrons. The van der Waals surface area contributed by atoms with Crippen LogP contribution in [0.1, 0.15) is 35.0 Å². The molecule has 2 heterocycles. The first kappa shape index (κ1) is 22.1. The Kier molecular flexibility index (Phi) is 6.07. The lowest BCUT2D eigenvalue weighted by atomic mass is 10.1. The highest BCUT2D eigenvalue weighted by molar-refractivity contribution is 8.18. The summed E-state index contributed by atoms with van der Waals surface area (Å²) < 4.78 is 15.5. The van der Waals surface area contributed by atoms with Gasteiger partial charge in [-0.2, -0.15) is 0 Å². The summed E-state index contributed by atoms with van der Waals surface area (Å²) >= 11 is 1.36. The van der Waals surface area contributed by atoms with Gasteiger partial charge >= 0.3 is 0 Å². The molecule has 0 unspecified atom stereocenters. The molecule has 1 aliphatic rings. The van der Waals surface area contributed by atoms with Gasteiger partial charge in [0.15, 0.2) is 5.17 Å². The van der Waals surface area contributed by atoms with Gasteiger partial charge in [0.25, 0.3) is 5.91 Å². The van der Waals surface area contributed by atoms with E-state index >= 15 is 0 Å². The minimum atomic E-state index is -0.309. The molecule has 1 saturated heterocycles. The minimum absolute atomic E-state index is 0.0603. The average Bonchev–Trinajstić information content (AvgIpc) is 3.21. The first-order chi connectivity index (χ1) is 15.3.